The first kappa shape index (κ1) is 22.9. The number of hydrogen-bond acceptors (Lipinski definition) is 5. The fraction of sp³-hybridized carbons (Fsp3) is 0.667. The van der Waals surface area contributed by atoms with Crippen molar-refractivity contribution < 1.29 is 14.7 Å². The molecule has 0 bridgehead atoms. The Kier molecular flexibility index (Phi) is 10.2. The van der Waals surface area contributed by atoms with Crippen LogP contribution < -0.4 is 5.32 Å². The summed E-state index contributed by atoms with van der Waals surface area (Å²) in [5.74, 6) is -0.716. The van der Waals surface area contributed by atoms with E-state index < -0.39 is 5.97 Å². The molecule has 6 nitrogen and oxygen atoms in total. The summed E-state index contributed by atoms with van der Waals surface area (Å²) >= 11 is 1.75. The maximum absolute atomic E-state index is 12.1. The molecule has 0 atom stereocenters. The molecule has 0 saturated carbocycles. The molecule has 2 N–H and O–H groups in total. The van der Waals surface area contributed by atoms with Gasteiger partial charge < -0.3 is 10.4 Å². The third-order valence-corrected chi connectivity index (χ3v) is 5.94. The molecule has 2 heterocycles. The van der Waals surface area contributed by atoms with Crippen molar-refractivity contribution in [3.05, 3.63) is 21.9 Å². The van der Waals surface area contributed by atoms with Crippen molar-refractivity contribution in [2.45, 2.75) is 45.7 Å². The smallest absolute Gasteiger partial charge is 0.317 e. The molecule has 0 aliphatic carbocycles. The number of hydrogen-bond donors (Lipinski definition) is 2. The van der Waals surface area contributed by atoms with Crippen LogP contribution in [0.2, 0.25) is 0 Å². The number of likely N-dealkylation sites (N-methyl/N-ethyl adjacent to an activating group) is 1. The fourth-order valence-corrected chi connectivity index (χ4v) is 4.17. The summed E-state index contributed by atoms with van der Waals surface area (Å²) in [5, 5.41) is 12.0. The van der Waals surface area contributed by atoms with Crippen LogP contribution in [0.1, 0.15) is 36.4 Å². The Morgan fingerprint density at radius 3 is 2.46 bits per heavy atom. The van der Waals surface area contributed by atoms with Gasteiger partial charge in [0.1, 0.15) is 0 Å². The largest absolute Gasteiger partial charge is 0.480 e. The number of piperidine rings is 1. The van der Waals surface area contributed by atoms with Crippen molar-refractivity contribution in [1.29, 1.82) is 0 Å². The predicted molar refractivity (Wildman–Crippen MR) is 107 cm³/mol. The molecule has 148 valence electrons. The summed E-state index contributed by atoms with van der Waals surface area (Å²) in [5.41, 5.74) is 0. The number of nitrogens with one attached hydrogen (secondary N) is 1. The lowest BCUT2D eigenvalue weighted by Crippen LogP contribution is -2.48. The molecule has 1 aliphatic rings. The van der Waals surface area contributed by atoms with Crippen molar-refractivity contribution in [3.8, 4) is 0 Å². The standard InChI is InChI=1S/C18H29N3O3S.ClH/c1-3-15-5-6-16(25-15)11-19-17(22)12-20-9-7-14(8-10-20)21(4-2)13-18(23)24;/h5-6,14H,3-4,7-13H2,1-2H3,(H,19,22)(H,23,24);1H. The Bertz CT molecular complexity index is 574. The molecule has 0 aromatic carbocycles. The number of aryl methyl sites for hydroxylation is 1. The topological polar surface area (TPSA) is 72.9 Å². The molecular formula is C18H30ClN3O3S. The highest BCUT2D eigenvalue weighted by Gasteiger charge is 2.25. The summed E-state index contributed by atoms with van der Waals surface area (Å²) in [6, 6.07) is 4.50. The van der Waals surface area contributed by atoms with Crippen molar-refractivity contribution in [2.75, 3.05) is 32.7 Å². The van der Waals surface area contributed by atoms with Gasteiger partial charge in [-0.15, -0.1) is 23.7 Å². The van der Waals surface area contributed by atoms with Gasteiger partial charge in [0.25, 0.3) is 0 Å². The molecule has 8 heteroatoms. The molecule has 1 aromatic rings. The molecule has 0 spiro atoms. The summed E-state index contributed by atoms with van der Waals surface area (Å²) < 4.78 is 0. The minimum Gasteiger partial charge on any atom is -0.480 e. The lowest BCUT2D eigenvalue weighted by Gasteiger charge is -2.37. The Hall–Kier alpha value is -1.15. The van der Waals surface area contributed by atoms with E-state index in [1.54, 1.807) is 11.3 Å². The van der Waals surface area contributed by atoms with Gasteiger partial charge in [0.15, 0.2) is 0 Å². The minimum atomic E-state index is -0.775. The molecule has 1 amide bonds. The first-order valence-corrected chi connectivity index (χ1v) is 9.86. The maximum Gasteiger partial charge on any atom is 0.317 e. The molecule has 1 saturated heterocycles. The Balaban J connectivity index is 0.00000338. The van der Waals surface area contributed by atoms with E-state index in [0.717, 1.165) is 38.9 Å². The van der Waals surface area contributed by atoms with Crippen LogP contribution in [0.3, 0.4) is 0 Å². The number of carbonyl (C=O) groups is 2. The SMILES string of the molecule is CCc1ccc(CNC(=O)CN2CCC(N(CC)CC(=O)O)CC2)s1.Cl. The summed E-state index contributed by atoms with van der Waals surface area (Å²) in [6.45, 7) is 7.68. The van der Waals surface area contributed by atoms with Crippen molar-refractivity contribution in [1.82, 2.24) is 15.1 Å². The van der Waals surface area contributed by atoms with E-state index >= 15 is 0 Å². The quantitative estimate of drug-likeness (QED) is 0.661. The second kappa shape index (κ2) is 11.5. The van der Waals surface area contributed by atoms with Crippen LogP contribution in [0.15, 0.2) is 12.1 Å². The first-order chi connectivity index (χ1) is 12.0. The molecule has 0 radical (unpaired) electrons. The number of amides is 1. The highest BCUT2D eigenvalue weighted by molar-refractivity contribution is 7.11. The third-order valence-electron chi connectivity index (χ3n) is 4.71. The van der Waals surface area contributed by atoms with Gasteiger partial charge in [-0.05, 0) is 37.9 Å². The van der Waals surface area contributed by atoms with Crippen LogP contribution in [0.4, 0.5) is 0 Å². The van der Waals surface area contributed by atoms with Crippen LogP contribution in [0.25, 0.3) is 0 Å². The van der Waals surface area contributed by atoms with Gasteiger partial charge >= 0.3 is 5.97 Å². The summed E-state index contributed by atoms with van der Waals surface area (Å²) in [4.78, 5) is 29.8. The number of aliphatic carboxylic acids is 1. The van der Waals surface area contributed by atoms with Crippen LogP contribution in [-0.2, 0) is 22.6 Å². The van der Waals surface area contributed by atoms with E-state index in [4.69, 9.17) is 5.11 Å². The highest BCUT2D eigenvalue weighted by atomic mass is 35.5. The lowest BCUT2D eigenvalue weighted by atomic mass is 10.0. The Morgan fingerprint density at radius 2 is 1.92 bits per heavy atom. The van der Waals surface area contributed by atoms with Crippen LogP contribution in [0.5, 0.6) is 0 Å². The number of carboxylic acid groups (broad SMARTS) is 1. The van der Waals surface area contributed by atoms with Gasteiger partial charge in [0, 0.05) is 28.9 Å². The van der Waals surface area contributed by atoms with Crippen LogP contribution in [-0.4, -0.2) is 65.5 Å². The van der Waals surface area contributed by atoms with Crippen molar-refractivity contribution in [3.63, 3.8) is 0 Å². The van der Waals surface area contributed by atoms with Crippen LogP contribution >= 0.6 is 23.7 Å². The van der Waals surface area contributed by atoms with E-state index in [1.165, 1.54) is 9.75 Å². The molecule has 0 unspecified atom stereocenters. The number of carbonyl (C=O) groups excluding carboxylic acids is 1. The van der Waals surface area contributed by atoms with Crippen molar-refractivity contribution >= 4 is 35.6 Å². The van der Waals surface area contributed by atoms with Gasteiger partial charge in [0.05, 0.1) is 19.6 Å². The van der Waals surface area contributed by atoms with Gasteiger partial charge in [-0.1, -0.05) is 13.8 Å². The molecular weight excluding hydrogens is 374 g/mol. The van der Waals surface area contributed by atoms with Gasteiger partial charge in [0.2, 0.25) is 5.91 Å². The zero-order valence-electron chi connectivity index (χ0n) is 15.6. The number of carboxylic acids is 1. The zero-order valence-corrected chi connectivity index (χ0v) is 17.2. The van der Waals surface area contributed by atoms with Crippen LogP contribution in [0, 0.1) is 0 Å². The number of likely N-dealkylation sites (tertiary alicyclic amines) is 1. The Morgan fingerprint density at radius 1 is 1.27 bits per heavy atom. The zero-order chi connectivity index (χ0) is 18.2. The van der Waals surface area contributed by atoms with E-state index in [9.17, 15) is 9.59 Å². The highest BCUT2D eigenvalue weighted by Crippen LogP contribution is 2.17. The number of halogens is 1. The normalized spacial score (nSPS) is 15.7. The monoisotopic (exact) mass is 403 g/mol. The van der Waals surface area contributed by atoms with Crippen molar-refractivity contribution in [2.24, 2.45) is 0 Å². The van der Waals surface area contributed by atoms with Gasteiger partial charge in [-0.2, -0.15) is 0 Å². The third kappa shape index (κ3) is 7.23. The molecule has 1 aromatic heterocycles. The Labute approximate surface area is 166 Å². The van der Waals surface area contributed by atoms with E-state index in [1.807, 2.05) is 11.8 Å². The number of nitrogens with zero attached hydrogens (tertiary/aromatic N) is 2. The molecule has 26 heavy (non-hydrogen) atoms. The second-order valence-electron chi connectivity index (χ2n) is 6.46. The maximum atomic E-state index is 12.1. The average molecular weight is 404 g/mol. The summed E-state index contributed by atoms with van der Waals surface area (Å²) in [6.07, 6.45) is 2.86. The average Bonchev–Trinajstić information content (AvgIpc) is 3.06. The van der Waals surface area contributed by atoms with E-state index in [-0.39, 0.29) is 24.9 Å². The minimum absolute atomic E-state index is 0. The van der Waals surface area contributed by atoms with Gasteiger partial charge in [-0.25, -0.2) is 0 Å². The van der Waals surface area contributed by atoms with Gasteiger partial charge in [-0.3, -0.25) is 19.4 Å². The first-order valence-electron chi connectivity index (χ1n) is 9.04. The molecule has 1 fully saturated rings. The fourth-order valence-electron chi connectivity index (χ4n) is 3.27. The predicted octanol–water partition coefficient (Wildman–Crippen LogP) is 2.22. The molecule has 2 rings (SSSR count). The summed E-state index contributed by atoms with van der Waals surface area (Å²) in [7, 11) is 0. The number of thiophene rings is 1. The van der Waals surface area contributed by atoms with E-state index in [0.29, 0.717) is 19.1 Å². The second-order valence-corrected chi connectivity index (χ2v) is 7.72. The number of rotatable bonds is 9. The lowest BCUT2D eigenvalue weighted by molar-refractivity contribution is -0.139. The molecule has 1 aliphatic heterocycles. The van der Waals surface area contributed by atoms with E-state index in [2.05, 4.69) is 29.3 Å².